The average Bonchev–Trinajstić information content (AvgIpc) is 3.26. The van der Waals surface area contributed by atoms with E-state index >= 15 is 0 Å². The number of hydrogen-bond acceptors (Lipinski definition) is 7. The number of fused-ring (bicyclic) bond motifs is 2. The molecule has 2 aliphatic heterocycles. The molecule has 0 spiro atoms. The van der Waals surface area contributed by atoms with E-state index in [4.69, 9.17) is 49.5 Å². The number of carbonyl (C=O) groups is 3. The number of amides is 2. The van der Waals surface area contributed by atoms with Gasteiger partial charge < -0.3 is 25.2 Å². The van der Waals surface area contributed by atoms with Crippen LogP contribution in [0.1, 0.15) is 45.0 Å². The predicted molar refractivity (Wildman–Crippen MR) is 234 cm³/mol. The molecule has 8 rings (SSSR count). The zero-order valence-corrected chi connectivity index (χ0v) is 34.7. The van der Waals surface area contributed by atoms with Crippen LogP contribution < -0.4 is 20.1 Å². The van der Waals surface area contributed by atoms with E-state index in [0.717, 1.165) is 38.9 Å². The maximum absolute atomic E-state index is 14.2. The highest BCUT2D eigenvalue weighted by Crippen LogP contribution is 2.40. The van der Waals surface area contributed by atoms with Crippen LogP contribution in [0, 0.1) is 11.3 Å². The topological polar surface area (TPSA) is 141 Å². The number of carboxylic acids is 1. The smallest absolute Gasteiger partial charge is 0.326 e. The van der Waals surface area contributed by atoms with E-state index in [9.17, 15) is 19.5 Å². The first kappa shape index (κ1) is 41.4. The van der Waals surface area contributed by atoms with Gasteiger partial charge in [0.25, 0.3) is 5.91 Å². The number of halogens is 3. The molecule has 13 heteroatoms. The minimum Gasteiger partial charge on any atom is -0.489 e. The van der Waals surface area contributed by atoms with Gasteiger partial charge in [-0.25, -0.2) is 4.79 Å². The van der Waals surface area contributed by atoms with Crippen molar-refractivity contribution in [2.24, 2.45) is 0 Å². The van der Waals surface area contributed by atoms with Crippen LogP contribution in [0.2, 0.25) is 15.1 Å². The van der Waals surface area contributed by atoms with Crippen molar-refractivity contribution >= 4 is 58.3 Å². The molecule has 2 aliphatic rings. The normalized spacial score (nSPS) is 16.2. The van der Waals surface area contributed by atoms with Gasteiger partial charge in [0, 0.05) is 30.1 Å². The standard InChI is InChI=1S/C48H37Cl3N4O6/c49-38-4-2-1-3-34(38)25-55-26-36-23-44-41(53-47(57)45(61-44)33-14-16-37(17-15-33)60-27-30-9-18-39(50)40(51)19-30)21-35(36)22-43(55)46(56)54-42(48(58)59)20-28-5-10-31(11-6-28)32-12-7-29(24-52)8-13-32/h1-19,21,23,42-43,45H,20,22,25-27H2,(H,53,57)(H,54,56)(H,58,59)/t42-,43?,45?/m0/s1. The number of nitriles is 1. The van der Waals surface area contributed by atoms with E-state index in [1.165, 1.54) is 0 Å². The molecule has 306 valence electrons. The van der Waals surface area contributed by atoms with Gasteiger partial charge >= 0.3 is 5.97 Å². The number of carboxylic acid groups (broad SMARTS) is 1. The average molecular weight is 872 g/mol. The molecule has 3 N–H and O–H groups in total. The molecule has 0 saturated carbocycles. The summed E-state index contributed by atoms with van der Waals surface area (Å²) in [6.45, 7) is 0.929. The number of rotatable bonds is 12. The largest absolute Gasteiger partial charge is 0.489 e. The van der Waals surface area contributed by atoms with Gasteiger partial charge in [-0.15, -0.1) is 0 Å². The summed E-state index contributed by atoms with van der Waals surface area (Å²) >= 11 is 18.8. The number of benzene rings is 6. The second-order valence-electron chi connectivity index (χ2n) is 14.9. The fourth-order valence-corrected chi connectivity index (χ4v) is 8.06. The number of ether oxygens (including phenoxy) is 2. The summed E-state index contributed by atoms with van der Waals surface area (Å²) < 4.78 is 12.3. The minimum absolute atomic E-state index is 0.0646. The lowest BCUT2D eigenvalue weighted by atomic mass is 9.91. The molecular weight excluding hydrogens is 835 g/mol. The van der Waals surface area contributed by atoms with Gasteiger partial charge in [0.05, 0.1) is 33.4 Å². The maximum atomic E-state index is 14.2. The summed E-state index contributed by atoms with van der Waals surface area (Å²) in [6.07, 6.45) is -0.612. The molecule has 6 aromatic rings. The van der Waals surface area contributed by atoms with Crippen molar-refractivity contribution in [1.29, 1.82) is 5.26 Å². The van der Waals surface area contributed by atoms with Crippen LogP contribution in [-0.4, -0.2) is 39.9 Å². The van der Waals surface area contributed by atoms with Crippen LogP contribution in [-0.2, 0) is 46.9 Å². The molecule has 2 amide bonds. The summed E-state index contributed by atoms with van der Waals surface area (Å²) in [5.41, 5.74) is 7.63. The number of nitrogens with zero attached hydrogens (tertiary/aromatic N) is 2. The third-order valence-corrected chi connectivity index (χ3v) is 11.9. The molecular formula is C48H37Cl3N4O6. The Morgan fingerprint density at radius 1 is 0.852 bits per heavy atom. The van der Waals surface area contributed by atoms with E-state index in [1.54, 1.807) is 54.6 Å². The van der Waals surface area contributed by atoms with Crippen LogP contribution in [0.15, 0.2) is 127 Å². The fourth-order valence-electron chi connectivity index (χ4n) is 7.54. The number of carbonyl (C=O) groups excluding carboxylic acids is 2. The zero-order valence-electron chi connectivity index (χ0n) is 32.4. The Balaban J connectivity index is 0.984. The van der Waals surface area contributed by atoms with E-state index < -0.39 is 30.1 Å². The highest BCUT2D eigenvalue weighted by atomic mass is 35.5. The van der Waals surface area contributed by atoms with Crippen LogP contribution in [0.4, 0.5) is 5.69 Å². The lowest BCUT2D eigenvalue weighted by Gasteiger charge is -2.38. The quantitative estimate of drug-likeness (QED) is 0.111. The first-order chi connectivity index (χ1) is 29.5. The molecule has 0 aromatic heterocycles. The maximum Gasteiger partial charge on any atom is 0.326 e. The lowest BCUT2D eigenvalue weighted by molar-refractivity contribution is -0.142. The number of aliphatic carboxylic acids is 1. The molecule has 0 bridgehead atoms. The van der Waals surface area contributed by atoms with Crippen molar-refractivity contribution in [2.45, 2.75) is 50.7 Å². The molecule has 61 heavy (non-hydrogen) atoms. The summed E-state index contributed by atoms with van der Waals surface area (Å²) in [6, 6.07) is 38.3. The van der Waals surface area contributed by atoms with Gasteiger partial charge in [0.15, 0.2) is 0 Å². The molecule has 2 unspecified atom stereocenters. The van der Waals surface area contributed by atoms with Gasteiger partial charge in [-0.2, -0.15) is 5.26 Å². The van der Waals surface area contributed by atoms with Crippen molar-refractivity contribution in [2.75, 3.05) is 5.32 Å². The van der Waals surface area contributed by atoms with Crippen molar-refractivity contribution < 1.29 is 29.0 Å². The molecule has 6 aromatic carbocycles. The highest BCUT2D eigenvalue weighted by Gasteiger charge is 2.37. The monoisotopic (exact) mass is 870 g/mol. The summed E-state index contributed by atoms with van der Waals surface area (Å²) in [7, 11) is 0. The predicted octanol–water partition coefficient (Wildman–Crippen LogP) is 9.58. The number of anilines is 1. The van der Waals surface area contributed by atoms with Gasteiger partial charge in [-0.05, 0) is 100.0 Å². The van der Waals surface area contributed by atoms with Crippen molar-refractivity contribution in [3.63, 3.8) is 0 Å². The Bertz CT molecular complexity index is 2670. The second kappa shape index (κ2) is 18.1. The van der Waals surface area contributed by atoms with Crippen LogP contribution in [0.3, 0.4) is 0 Å². The summed E-state index contributed by atoms with van der Waals surface area (Å²) in [5.74, 6) is -0.868. The highest BCUT2D eigenvalue weighted by molar-refractivity contribution is 6.42. The Morgan fingerprint density at radius 3 is 2.25 bits per heavy atom. The van der Waals surface area contributed by atoms with Crippen molar-refractivity contribution in [3.8, 4) is 28.7 Å². The van der Waals surface area contributed by atoms with Gasteiger partial charge in [-0.1, -0.05) is 108 Å². The Morgan fingerprint density at radius 2 is 1.56 bits per heavy atom. The molecule has 0 radical (unpaired) electrons. The van der Waals surface area contributed by atoms with Gasteiger partial charge in [0.2, 0.25) is 12.0 Å². The van der Waals surface area contributed by atoms with E-state index in [-0.39, 0.29) is 25.4 Å². The fraction of sp³-hybridized carbons (Fsp3) is 0.167. The Labute approximate surface area is 367 Å². The van der Waals surface area contributed by atoms with Crippen LogP contribution in [0.5, 0.6) is 11.5 Å². The van der Waals surface area contributed by atoms with Gasteiger partial charge in [0.1, 0.15) is 24.1 Å². The molecule has 0 saturated heterocycles. The Kier molecular flexibility index (Phi) is 12.3. The first-order valence-corrected chi connectivity index (χ1v) is 20.5. The van der Waals surface area contributed by atoms with Crippen LogP contribution >= 0.6 is 34.8 Å². The Hall–Kier alpha value is -6.35. The van der Waals surface area contributed by atoms with Crippen molar-refractivity contribution in [3.05, 3.63) is 181 Å². The molecule has 3 atom stereocenters. The SMILES string of the molecule is N#Cc1ccc(-c2ccc(C[C@H](NC(=O)C3Cc4cc5c(cc4CN3Cc3ccccc3Cl)OC(c3ccc(OCc4ccc(Cl)c(Cl)c4)cc3)C(=O)N5)C(=O)O)cc2)cc1. The summed E-state index contributed by atoms with van der Waals surface area (Å²) in [5, 5.41) is 26.7. The molecule has 0 aliphatic carbocycles. The molecule has 2 heterocycles. The number of nitrogens with one attached hydrogen (secondary N) is 2. The first-order valence-electron chi connectivity index (χ1n) is 19.4. The van der Waals surface area contributed by atoms with E-state index in [1.807, 2.05) is 77.7 Å². The third-order valence-electron chi connectivity index (χ3n) is 10.8. The van der Waals surface area contributed by atoms with E-state index in [2.05, 4.69) is 16.7 Å². The zero-order chi connectivity index (χ0) is 42.6. The van der Waals surface area contributed by atoms with Gasteiger partial charge in [-0.3, -0.25) is 14.5 Å². The minimum atomic E-state index is -1.20. The number of hydrogen-bond donors (Lipinski definition) is 3. The van der Waals surface area contributed by atoms with E-state index in [0.29, 0.717) is 56.5 Å². The lowest BCUT2D eigenvalue weighted by Crippen LogP contribution is -2.54. The van der Waals surface area contributed by atoms with Crippen LogP contribution in [0.25, 0.3) is 11.1 Å². The van der Waals surface area contributed by atoms with Crippen molar-refractivity contribution in [1.82, 2.24) is 10.2 Å². The molecule has 10 nitrogen and oxygen atoms in total. The molecule has 0 fully saturated rings. The third kappa shape index (κ3) is 9.51. The summed E-state index contributed by atoms with van der Waals surface area (Å²) in [4.78, 5) is 42.2. The second-order valence-corrected chi connectivity index (χ2v) is 16.1.